The van der Waals surface area contributed by atoms with Crippen LogP contribution in [-0.4, -0.2) is 5.97 Å². The second-order valence-corrected chi connectivity index (χ2v) is 6.32. The second kappa shape index (κ2) is 7.05. The molecule has 0 saturated carbocycles. The van der Waals surface area contributed by atoms with E-state index in [0.717, 1.165) is 6.07 Å². The molecule has 0 spiro atoms. The van der Waals surface area contributed by atoms with Gasteiger partial charge in [0.05, 0.1) is 10.6 Å². The van der Waals surface area contributed by atoms with E-state index in [0.29, 0.717) is 33.7 Å². The first-order valence-electron chi connectivity index (χ1n) is 7.31. The van der Waals surface area contributed by atoms with Crippen LogP contribution in [0.4, 0.5) is 8.78 Å². The molecule has 0 fully saturated rings. The Morgan fingerprint density at radius 3 is 2.50 bits per heavy atom. The normalized spacial score (nSPS) is 11.0. The molecule has 26 heavy (non-hydrogen) atoms. The zero-order valence-corrected chi connectivity index (χ0v) is 14.8. The maximum atomic E-state index is 13.3. The van der Waals surface area contributed by atoms with Crippen molar-refractivity contribution in [1.29, 1.82) is 0 Å². The van der Waals surface area contributed by atoms with Crippen LogP contribution in [0, 0.1) is 18.6 Å². The van der Waals surface area contributed by atoms with Crippen LogP contribution in [0.1, 0.15) is 21.5 Å². The first-order chi connectivity index (χ1) is 12.3. The summed E-state index contributed by atoms with van der Waals surface area (Å²) in [4.78, 5) is 23.8. The van der Waals surface area contributed by atoms with E-state index < -0.39 is 23.2 Å². The number of rotatable bonds is 3. The molecule has 0 bridgehead atoms. The highest BCUT2D eigenvalue weighted by atomic mass is 35.5. The highest BCUT2D eigenvalue weighted by molar-refractivity contribution is 6.33. The van der Waals surface area contributed by atoms with Crippen LogP contribution in [0.5, 0.6) is 0 Å². The van der Waals surface area contributed by atoms with Crippen molar-refractivity contribution in [2.45, 2.75) is 13.5 Å². The van der Waals surface area contributed by atoms with Crippen molar-refractivity contribution in [1.82, 2.24) is 0 Å². The molecule has 2 aromatic carbocycles. The van der Waals surface area contributed by atoms with Gasteiger partial charge < -0.3 is 9.15 Å². The molecular weight excluding hydrogens is 389 g/mol. The van der Waals surface area contributed by atoms with E-state index in [2.05, 4.69) is 0 Å². The molecule has 0 unspecified atom stereocenters. The predicted octanol–water partition coefficient (Wildman–Crippen LogP) is 5.04. The van der Waals surface area contributed by atoms with E-state index in [1.807, 2.05) is 0 Å². The van der Waals surface area contributed by atoms with Crippen molar-refractivity contribution >= 4 is 40.1 Å². The van der Waals surface area contributed by atoms with Crippen LogP contribution in [-0.2, 0) is 11.3 Å². The monoisotopic (exact) mass is 398 g/mol. The number of ether oxygens (including phenoxy) is 1. The third-order valence-corrected chi connectivity index (χ3v) is 4.42. The van der Waals surface area contributed by atoms with Crippen LogP contribution in [0.2, 0.25) is 10.0 Å². The van der Waals surface area contributed by atoms with E-state index in [4.69, 9.17) is 32.4 Å². The van der Waals surface area contributed by atoms with E-state index >= 15 is 0 Å². The molecule has 0 aliphatic heterocycles. The van der Waals surface area contributed by atoms with Crippen molar-refractivity contribution in [3.8, 4) is 0 Å². The average molecular weight is 399 g/mol. The fourth-order valence-electron chi connectivity index (χ4n) is 2.37. The minimum absolute atomic E-state index is 0.287. The van der Waals surface area contributed by atoms with Crippen LogP contribution in [0.25, 0.3) is 11.0 Å². The second-order valence-electron chi connectivity index (χ2n) is 5.51. The number of esters is 1. The Labute approximate surface area is 155 Å². The largest absolute Gasteiger partial charge is 0.457 e. The smallest absolute Gasteiger partial charge is 0.340 e. The number of carbonyl (C=O) groups excluding carboxylic acids is 1. The molecule has 0 amide bonds. The van der Waals surface area contributed by atoms with Crippen molar-refractivity contribution < 1.29 is 22.7 Å². The maximum Gasteiger partial charge on any atom is 0.340 e. The first-order valence-corrected chi connectivity index (χ1v) is 8.06. The molecule has 4 nitrogen and oxygen atoms in total. The molecular formula is C18H10Cl2F2O4. The molecule has 0 atom stereocenters. The molecule has 0 aliphatic carbocycles. The molecule has 3 rings (SSSR count). The highest BCUT2D eigenvalue weighted by Gasteiger charge is 2.17. The van der Waals surface area contributed by atoms with Crippen molar-refractivity contribution in [3.05, 3.63) is 79.1 Å². The van der Waals surface area contributed by atoms with Gasteiger partial charge in [-0.3, -0.25) is 0 Å². The summed E-state index contributed by atoms with van der Waals surface area (Å²) < 4.78 is 36.6. The molecule has 1 aromatic heterocycles. The Kier molecular flexibility index (Phi) is 4.98. The Morgan fingerprint density at radius 2 is 1.77 bits per heavy atom. The van der Waals surface area contributed by atoms with Gasteiger partial charge in [-0.05, 0) is 36.8 Å². The Hall–Kier alpha value is -2.44. The average Bonchev–Trinajstić information content (AvgIpc) is 2.57. The number of halogens is 4. The third kappa shape index (κ3) is 3.57. The number of benzene rings is 2. The Balaban J connectivity index is 1.93. The molecule has 0 radical (unpaired) electrons. The summed E-state index contributed by atoms with van der Waals surface area (Å²) in [6.45, 7) is 1.44. The summed E-state index contributed by atoms with van der Waals surface area (Å²) in [6.07, 6.45) is 0. The topological polar surface area (TPSA) is 56.5 Å². The summed E-state index contributed by atoms with van der Waals surface area (Å²) in [6, 6.07) is 5.67. The summed E-state index contributed by atoms with van der Waals surface area (Å²) in [5.74, 6) is -3.37. The molecule has 0 N–H and O–H groups in total. The van der Waals surface area contributed by atoms with Gasteiger partial charge in [-0.2, -0.15) is 0 Å². The maximum absolute atomic E-state index is 13.3. The molecule has 8 heteroatoms. The zero-order valence-electron chi connectivity index (χ0n) is 13.2. The van der Waals surface area contributed by atoms with Crippen molar-refractivity contribution in [2.24, 2.45) is 0 Å². The number of aryl methyl sites for hydroxylation is 1. The lowest BCUT2D eigenvalue weighted by molar-refractivity contribution is 0.0473. The van der Waals surface area contributed by atoms with Crippen molar-refractivity contribution in [2.75, 3.05) is 0 Å². The lowest BCUT2D eigenvalue weighted by atomic mass is 10.1. The van der Waals surface area contributed by atoms with E-state index in [1.54, 1.807) is 19.1 Å². The SMILES string of the molecule is Cc1cc2oc(=O)cc(COC(=O)c3cc(F)c(F)cc3Cl)c2cc1Cl. The van der Waals surface area contributed by atoms with E-state index in [9.17, 15) is 18.4 Å². The van der Waals surface area contributed by atoms with Gasteiger partial charge in [-0.1, -0.05) is 23.2 Å². The summed E-state index contributed by atoms with van der Waals surface area (Å²) in [5.41, 5.74) is 0.398. The Morgan fingerprint density at radius 1 is 1.08 bits per heavy atom. The number of hydrogen-bond donors (Lipinski definition) is 0. The van der Waals surface area contributed by atoms with Gasteiger partial charge in [-0.25, -0.2) is 18.4 Å². The number of carbonyl (C=O) groups is 1. The van der Waals surface area contributed by atoms with Gasteiger partial charge in [0.15, 0.2) is 11.6 Å². The van der Waals surface area contributed by atoms with Crippen LogP contribution in [0.15, 0.2) is 39.5 Å². The van der Waals surface area contributed by atoms with Crippen molar-refractivity contribution in [3.63, 3.8) is 0 Å². The van der Waals surface area contributed by atoms with Crippen LogP contribution >= 0.6 is 23.2 Å². The van der Waals surface area contributed by atoms with E-state index in [-0.39, 0.29) is 22.8 Å². The lowest BCUT2D eigenvalue weighted by Gasteiger charge is -2.09. The van der Waals surface area contributed by atoms with Gasteiger partial charge in [-0.15, -0.1) is 0 Å². The summed E-state index contributed by atoms with van der Waals surface area (Å²) in [5, 5.41) is 0.650. The quantitative estimate of drug-likeness (QED) is 0.352. The molecule has 1 heterocycles. The minimum atomic E-state index is -1.23. The zero-order chi connectivity index (χ0) is 19.0. The fraction of sp³-hybridized carbons (Fsp3) is 0.111. The van der Waals surface area contributed by atoms with Gasteiger partial charge in [0.25, 0.3) is 0 Å². The summed E-state index contributed by atoms with van der Waals surface area (Å²) in [7, 11) is 0. The standard InChI is InChI=1S/C18H10Cl2F2O4/c1-8-2-16-10(4-12(8)19)9(3-17(23)26-16)7-25-18(24)11-5-14(21)15(22)6-13(11)20/h2-6H,7H2,1H3. The first kappa shape index (κ1) is 18.4. The highest BCUT2D eigenvalue weighted by Crippen LogP contribution is 2.26. The molecule has 134 valence electrons. The van der Waals surface area contributed by atoms with Gasteiger partial charge in [0.1, 0.15) is 12.2 Å². The van der Waals surface area contributed by atoms with Crippen LogP contribution in [0.3, 0.4) is 0 Å². The number of fused-ring (bicyclic) bond motifs is 1. The fourth-order valence-corrected chi connectivity index (χ4v) is 2.76. The molecule has 3 aromatic rings. The molecule has 0 saturated heterocycles. The van der Waals surface area contributed by atoms with Gasteiger partial charge in [0.2, 0.25) is 0 Å². The predicted molar refractivity (Wildman–Crippen MR) is 92.7 cm³/mol. The number of hydrogen-bond acceptors (Lipinski definition) is 4. The van der Waals surface area contributed by atoms with E-state index in [1.165, 1.54) is 0 Å². The molecule has 0 aliphatic rings. The minimum Gasteiger partial charge on any atom is -0.457 e. The third-order valence-electron chi connectivity index (χ3n) is 3.70. The lowest BCUT2D eigenvalue weighted by Crippen LogP contribution is -2.09. The van der Waals surface area contributed by atoms with Crippen LogP contribution < -0.4 is 5.63 Å². The summed E-state index contributed by atoms with van der Waals surface area (Å²) >= 11 is 11.8. The van der Waals surface area contributed by atoms with Gasteiger partial charge in [0, 0.05) is 22.0 Å². The Bertz CT molecular complexity index is 1090. The van der Waals surface area contributed by atoms with Gasteiger partial charge >= 0.3 is 11.6 Å².